The number of hydrogen-bond acceptors (Lipinski definition) is 8. The number of hydrogen-bond donors (Lipinski definition) is 3. The van der Waals surface area contributed by atoms with Gasteiger partial charge in [-0.25, -0.2) is 9.97 Å². The summed E-state index contributed by atoms with van der Waals surface area (Å²) < 4.78 is 0. The van der Waals surface area contributed by atoms with Crippen molar-refractivity contribution < 1.29 is 9.59 Å². The van der Waals surface area contributed by atoms with Crippen molar-refractivity contribution in [3.8, 4) is 0 Å². The first kappa shape index (κ1) is 23.9. The summed E-state index contributed by atoms with van der Waals surface area (Å²) in [5, 5.41) is 8.93. The topological polar surface area (TPSA) is 109 Å². The Hall–Kier alpha value is -2.78. The Labute approximate surface area is 193 Å². The van der Waals surface area contributed by atoms with Crippen LogP contribution in [0.5, 0.6) is 0 Å². The van der Waals surface area contributed by atoms with Crippen molar-refractivity contribution in [3.63, 3.8) is 0 Å². The first-order chi connectivity index (χ1) is 15.7. The molecular weight excluding hydrogens is 424 g/mol. The molecule has 1 saturated heterocycles. The van der Waals surface area contributed by atoms with Crippen molar-refractivity contribution in [2.75, 3.05) is 11.9 Å². The van der Waals surface area contributed by atoms with E-state index >= 15 is 0 Å². The zero-order valence-electron chi connectivity index (χ0n) is 18.5. The Balaban J connectivity index is 0.00000141. The minimum atomic E-state index is -0.382. The molecule has 2 fully saturated rings. The second-order valence-corrected chi connectivity index (χ2v) is 8.39. The van der Waals surface area contributed by atoms with Crippen LogP contribution in [0.25, 0.3) is 6.08 Å². The monoisotopic (exact) mass is 454 g/mol. The fraction of sp³-hybridized carbons (Fsp3) is 0.435. The van der Waals surface area contributed by atoms with Gasteiger partial charge in [-0.2, -0.15) is 0 Å². The zero-order valence-corrected chi connectivity index (χ0v) is 19.3. The van der Waals surface area contributed by atoms with Gasteiger partial charge in [-0.05, 0) is 61.7 Å². The summed E-state index contributed by atoms with van der Waals surface area (Å²) in [4.78, 5) is 36.4. The molecule has 1 aliphatic carbocycles. The van der Waals surface area contributed by atoms with E-state index in [2.05, 4.69) is 37.0 Å². The Morgan fingerprint density at radius 3 is 2.53 bits per heavy atom. The molecule has 2 aromatic rings. The van der Waals surface area contributed by atoms with Gasteiger partial charge < -0.3 is 10.6 Å². The SMILES string of the molecule is CC.O=C1NC(=O)/C(=C/c2ccnc(NC3CCC(NCCc4ccccn4)CC3)n2)S1. The molecule has 4 rings (SSSR count). The fourth-order valence-corrected chi connectivity index (χ4v) is 4.32. The highest BCUT2D eigenvalue weighted by molar-refractivity contribution is 8.18. The predicted octanol–water partition coefficient (Wildman–Crippen LogP) is 3.78. The number of carbonyl (C=O) groups excluding carboxylic acids is 2. The van der Waals surface area contributed by atoms with E-state index in [9.17, 15) is 9.59 Å². The van der Waals surface area contributed by atoms with E-state index < -0.39 is 0 Å². The van der Waals surface area contributed by atoms with Crippen LogP contribution in [-0.4, -0.2) is 44.7 Å². The molecule has 3 heterocycles. The highest BCUT2D eigenvalue weighted by Gasteiger charge is 2.25. The molecule has 0 bridgehead atoms. The van der Waals surface area contributed by atoms with Crippen LogP contribution < -0.4 is 16.0 Å². The Morgan fingerprint density at radius 1 is 1.06 bits per heavy atom. The lowest BCUT2D eigenvalue weighted by Gasteiger charge is -2.29. The Kier molecular flexibility index (Phi) is 9.18. The highest BCUT2D eigenvalue weighted by Crippen LogP contribution is 2.25. The lowest BCUT2D eigenvalue weighted by atomic mass is 9.91. The third kappa shape index (κ3) is 7.13. The van der Waals surface area contributed by atoms with Gasteiger partial charge in [0.1, 0.15) is 0 Å². The van der Waals surface area contributed by atoms with Crippen LogP contribution in [0.15, 0.2) is 41.6 Å². The summed E-state index contributed by atoms with van der Waals surface area (Å²) in [5.41, 5.74) is 1.72. The third-order valence-electron chi connectivity index (χ3n) is 5.20. The number of anilines is 1. The number of nitrogens with zero attached hydrogens (tertiary/aromatic N) is 3. The van der Waals surface area contributed by atoms with Gasteiger partial charge >= 0.3 is 0 Å². The van der Waals surface area contributed by atoms with Crippen molar-refractivity contribution in [1.29, 1.82) is 0 Å². The summed E-state index contributed by atoms with van der Waals surface area (Å²) in [5.74, 6) is 0.164. The Morgan fingerprint density at radius 2 is 1.84 bits per heavy atom. The lowest BCUT2D eigenvalue weighted by Crippen LogP contribution is -2.38. The molecule has 0 atom stereocenters. The predicted molar refractivity (Wildman–Crippen MR) is 128 cm³/mol. The average Bonchev–Trinajstić information content (AvgIpc) is 3.14. The van der Waals surface area contributed by atoms with Crippen LogP contribution in [0.4, 0.5) is 10.7 Å². The van der Waals surface area contributed by atoms with Gasteiger partial charge in [0.2, 0.25) is 5.95 Å². The van der Waals surface area contributed by atoms with Gasteiger partial charge in [0.05, 0.1) is 10.6 Å². The summed E-state index contributed by atoms with van der Waals surface area (Å²) in [6.07, 6.45) is 10.3. The number of carbonyl (C=O) groups is 2. The molecule has 0 unspecified atom stereocenters. The molecule has 1 saturated carbocycles. The van der Waals surface area contributed by atoms with E-state index in [0.717, 1.165) is 56.1 Å². The maximum atomic E-state index is 11.7. The van der Waals surface area contributed by atoms with Crippen LogP contribution in [0.2, 0.25) is 0 Å². The molecule has 0 radical (unpaired) electrons. The zero-order chi connectivity index (χ0) is 22.8. The third-order valence-corrected chi connectivity index (χ3v) is 6.01. The van der Waals surface area contributed by atoms with E-state index in [-0.39, 0.29) is 11.1 Å². The van der Waals surface area contributed by atoms with Crippen LogP contribution in [-0.2, 0) is 11.2 Å². The van der Waals surface area contributed by atoms with E-state index in [1.54, 1.807) is 18.3 Å². The fourth-order valence-electron chi connectivity index (χ4n) is 3.65. The lowest BCUT2D eigenvalue weighted by molar-refractivity contribution is -0.115. The largest absolute Gasteiger partial charge is 0.351 e. The molecule has 170 valence electrons. The quantitative estimate of drug-likeness (QED) is 0.543. The molecule has 2 amide bonds. The van der Waals surface area contributed by atoms with Crippen molar-refractivity contribution in [2.45, 2.75) is 58.0 Å². The second kappa shape index (κ2) is 12.3. The van der Waals surface area contributed by atoms with Crippen molar-refractivity contribution in [3.05, 3.63) is 53.0 Å². The molecule has 9 heteroatoms. The van der Waals surface area contributed by atoms with Crippen LogP contribution >= 0.6 is 11.8 Å². The van der Waals surface area contributed by atoms with E-state index in [1.165, 1.54) is 0 Å². The van der Waals surface area contributed by atoms with E-state index in [4.69, 9.17) is 0 Å². The summed E-state index contributed by atoms with van der Waals surface area (Å²) in [6, 6.07) is 8.59. The average molecular weight is 455 g/mol. The van der Waals surface area contributed by atoms with Gasteiger partial charge in [0.15, 0.2) is 0 Å². The number of nitrogens with one attached hydrogen (secondary N) is 3. The molecule has 1 aliphatic heterocycles. The van der Waals surface area contributed by atoms with Gasteiger partial charge in [0.25, 0.3) is 11.1 Å². The minimum Gasteiger partial charge on any atom is -0.351 e. The smallest absolute Gasteiger partial charge is 0.290 e. The summed E-state index contributed by atoms with van der Waals surface area (Å²) in [6.45, 7) is 4.94. The normalized spacial score (nSPS) is 21.6. The molecular formula is C23H30N6O2S. The Bertz CT molecular complexity index is 929. The van der Waals surface area contributed by atoms with E-state index in [0.29, 0.717) is 28.6 Å². The summed E-state index contributed by atoms with van der Waals surface area (Å²) >= 11 is 0.885. The first-order valence-corrected chi connectivity index (χ1v) is 11.9. The number of imide groups is 1. The second-order valence-electron chi connectivity index (χ2n) is 7.38. The number of aromatic nitrogens is 3. The molecule has 0 aromatic carbocycles. The first-order valence-electron chi connectivity index (χ1n) is 11.1. The number of rotatable bonds is 7. The molecule has 32 heavy (non-hydrogen) atoms. The number of pyridine rings is 1. The van der Waals surface area contributed by atoms with Crippen molar-refractivity contribution in [2.24, 2.45) is 0 Å². The van der Waals surface area contributed by atoms with Gasteiger partial charge in [-0.15, -0.1) is 0 Å². The van der Waals surface area contributed by atoms with E-state index in [1.807, 2.05) is 32.2 Å². The minimum absolute atomic E-state index is 0.326. The molecule has 3 N–H and O–H groups in total. The van der Waals surface area contributed by atoms with Crippen LogP contribution in [0.1, 0.15) is 50.9 Å². The molecule has 8 nitrogen and oxygen atoms in total. The maximum absolute atomic E-state index is 11.7. The van der Waals surface area contributed by atoms with Gasteiger partial charge in [0, 0.05) is 43.1 Å². The van der Waals surface area contributed by atoms with Crippen molar-refractivity contribution >= 4 is 34.9 Å². The maximum Gasteiger partial charge on any atom is 0.290 e. The highest BCUT2D eigenvalue weighted by atomic mass is 32.2. The van der Waals surface area contributed by atoms with Crippen molar-refractivity contribution in [1.82, 2.24) is 25.6 Å². The standard InChI is InChI=1S/C21H24N6O2S.C2H6/c28-19-18(30-21(29)27-19)13-17-9-12-24-20(26-17)25-16-6-4-15(5-7-16)23-11-8-14-3-1-2-10-22-14;1-2/h1-3,9-10,12-13,15-16,23H,4-8,11H2,(H,24,25,26)(H,27,28,29);1-2H3/b18-13-;. The van der Waals surface area contributed by atoms with Gasteiger partial charge in [-0.1, -0.05) is 19.9 Å². The number of thioether (sulfide) groups is 1. The molecule has 2 aliphatic rings. The van der Waals surface area contributed by atoms with Gasteiger partial charge in [-0.3, -0.25) is 19.9 Å². The van der Waals surface area contributed by atoms with Crippen LogP contribution in [0.3, 0.4) is 0 Å². The summed E-state index contributed by atoms with van der Waals surface area (Å²) in [7, 11) is 0. The molecule has 2 aromatic heterocycles. The number of amides is 2. The molecule has 0 spiro atoms. The van der Waals surface area contributed by atoms with Crippen LogP contribution in [0, 0.1) is 0 Å².